The Labute approximate surface area is 253 Å². The quantitative estimate of drug-likeness (QED) is 0.309. The zero-order valence-corrected chi connectivity index (χ0v) is 26.0. The Kier molecular flexibility index (Phi) is 9.28. The van der Waals surface area contributed by atoms with Crippen molar-refractivity contribution in [2.24, 2.45) is 23.2 Å². The Bertz CT molecular complexity index is 1400. The number of esters is 1. The molecule has 0 spiro atoms. The average molecular weight is 593 g/mol. The monoisotopic (exact) mass is 592 g/mol. The highest BCUT2D eigenvalue weighted by Crippen LogP contribution is 2.58. The van der Waals surface area contributed by atoms with E-state index in [9.17, 15) is 14.4 Å². The number of aryl methyl sites for hydroxylation is 1. The maximum Gasteiger partial charge on any atom is 0.313 e. The van der Waals surface area contributed by atoms with Gasteiger partial charge < -0.3 is 23.8 Å². The lowest BCUT2D eigenvalue weighted by Crippen LogP contribution is -2.38. The minimum Gasteiger partial charge on any atom is -0.496 e. The fraction of sp³-hybridized carbons (Fsp3) is 0.588. The molecule has 0 saturated heterocycles. The fourth-order valence-electron chi connectivity index (χ4n) is 6.87. The summed E-state index contributed by atoms with van der Waals surface area (Å²) in [5.74, 6) is 0.274. The average Bonchev–Trinajstić information content (AvgIpc) is 3.52. The molecule has 43 heavy (non-hydrogen) atoms. The van der Waals surface area contributed by atoms with Crippen molar-refractivity contribution in [2.75, 3.05) is 33.9 Å². The number of carbonyl (C=O) groups is 3. The lowest BCUT2D eigenvalue weighted by atomic mass is 9.84. The summed E-state index contributed by atoms with van der Waals surface area (Å²) in [5.41, 5.74) is 0.749. The zero-order chi connectivity index (χ0) is 30.7. The summed E-state index contributed by atoms with van der Waals surface area (Å²) in [6, 6.07) is 5.58. The molecule has 1 aromatic heterocycles. The van der Waals surface area contributed by atoms with Crippen LogP contribution in [0.1, 0.15) is 64.4 Å². The van der Waals surface area contributed by atoms with Gasteiger partial charge in [-0.3, -0.25) is 14.4 Å². The van der Waals surface area contributed by atoms with E-state index in [-0.39, 0.29) is 42.7 Å². The van der Waals surface area contributed by atoms with Gasteiger partial charge in [-0.05, 0) is 77.3 Å². The van der Waals surface area contributed by atoms with Crippen LogP contribution in [0.2, 0.25) is 0 Å². The van der Waals surface area contributed by atoms with Crippen molar-refractivity contribution in [2.45, 2.75) is 71.8 Å². The summed E-state index contributed by atoms with van der Waals surface area (Å²) >= 11 is 0. The molecule has 232 valence electrons. The van der Waals surface area contributed by atoms with E-state index >= 15 is 0 Å². The first-order valence-corrected chi connectivity index (χ1v) is 15.6. The first-order chi connectivity index (χ1) is 20.7. The van der Waals surface area contributed by atoms with Crippen LogP contribution in [-0.4, -0.2) is 67.6 Å². The molecule has 0 radical (unpaired) electrons. The van der Waals surface area contributed by atoms with E-state index in [2.05, 4.69) is 12.2 Å². The molecular formula is C34H44N2O7. The van der Waals surface area contributed by atoms with Gasteiger partial charge in [0.15, 0.2) is 0 Å². The molecule has 0 N–H and O–H groups in total. The zero-order valence-electron chi connectivity index (χ0n) is 26.0. The van der Waals surface area contributed by atoms with Gasteiger partial charge in [0.25, 0.3) is 0 Å². The van der Waals surface area contributed by atoms with Gasteiger partial charge >= 0.3 is 5.97 Å². The van der Waals surface area contributed by atoms with Crippen LogP contribution in [0, 0.1) is 30.1 Å². The molecule has 2 saturated carbocycles. The van der Waals surface area contributed by atoms with E-state index in [0.717, 1.165) is 30.2 Å². The standard InChI is InChI=1S/C34H44N2O7/c1-6-41-30-18-29(24-13-14-28(40-5)21(3)31(24)35-30)43-23-16-25-26(17-23)32(38)36(4)15-11-9-8-10-12-22-19-34(22,20-27(25)37)33(39)42-7-2/h10,12-14,18,22-23,25-26H,6-9,11,15-17,19-20H2,1-5H3/b12-10-/t22-,23-,25-,26-,34-/m1/s1. The van der Waals surface area contributed by atoms with E-state index in [0.29, 0.717) is 55.3 Å². The van der Waals surface area contributed by atoms with E-state index in [1.807, 2.05) is 33.0 Å². The molecule has 1 aromatic carbocycles. The van der Waals surface area contributed by atoms with Gasteiger partial charge in [0.1, 0.15) is 23.4 Å². The third kappa shape index (κ3) is 6.22. The number of aromatic nitrogens is 1. The molecule has 5 rings (SSSR count). The molecular weight excluding hydrogens is 548 g/mol. The topological polar surface area (TPSA) is 104 Å². The van der Waals surface area contributed by atoms with Crippen molar-refractivity contribution < 1.29 is 33.3 Å². The first-order valence-electron chi connectivity index (χ1n) is 15.6. The first kappa shape index (κ1) is 30.8. The number of amides is 1. The van der Waals surface area contributed by atoms with Crippen LogP contribution in [0.4, 0.5) is 0 Å². The SMILES string of the molecule is CCOC(=O)[C@]12CC(=O)[C@@H]3C[C@@H](Oc4cc(OCC)nc5c(C)c(OC)ccc45)C[C@H]3C(=O)N(C)CCCC/C=C\[C@@H]1C2. The number of nitrogens with zero attached hydrogens (tertiary/aromatic N) is 2. The van der Waals surface area contributed by atoms with Crippen molar-refractivity contribution >= 4 is 28.6 Å². The van der Waals surface area contributed by atoms with Crippen LogP contribution < -0.4 is 14.2 Å². The summed E-state index contributed by atoms with van der Waals surface area (Å²) in [6.07, 6.45) is 8.02. The van der Waals surface area contributed by atoms with Gasteiger partial charge in [-0.15, -0.1) is 0 Å². The van der Waals surface area contributed by atoms with Crippen molar-refractivity contribution in [3.05, 3.63) is 35.9 Å². The summed E-state index contributed by atoms with van der Waals surface area (Å²) in [4.78, 5) is 47.4. The fourth-order valence-corrected chi connectivity index (χ4v) is 6.87. The van der Waals surface area contributed by atoms with Crippen molar-refractivity contribution in [3.8, 4) is 17.4 Å². The molecule has 2 aromatic rings. The maximum absolute atomic E-state index is 14.0. The van der Waals surface area contributed by atoms with E-state index in [1.165, 1.54) is 0 Å². The van der Waals surface area contributed by atoms with Crippen LogP contribution >= 0.6 is 0 Å². The number of Topliss-reactive ketones (excluding diaryl/α,β-unsaturated/α-hetero) is 1. The second kappa shape index (κ2) is 12.9. The highest BCUT2D eigenvalue weighted by Gasteiger charge is 2.61. The third-order valence-electron chi connectivity index (χ3n) is 9.34. The number of ketones is 1. The lowest BCUT2D eigenvalue weighted by molar-refractivity contribution is -0.152. The number of hydrogen-bond donors (Lipinski definition) is 0. The number of fused-ring (bicyclic) bond motifs is 3. The molecule has 1 amide bonds. The third-order valence-corrected chi connectivity index (χ3v) is 9.34. The Morgan fingerprint density at radius 3 is 2.63 bits per heavy atom. The summed E-state index contributed by atoms with van der Waals surface area (Å²) in [5, 5.41) is 0.809. The van der Waals surface area contributed by atoms with Gasteiger partial charge in [-0.2, -0.15) is 0 Å². The number of rotatable bonds is 7. The molecule has 9 nitrogen and oxygen atoms in total. The molecule has 9 heteroatoms. The van der Waals surface area contributed by atoms with Crippen molar-refractivity contribution in [3.63, 3.8) is 0 Å². The van der Waals surface area contributed by atoms with Gasteiger partial charge in [-0.1, -0.05) is 12.2 Å². The van der Waals surface area contributed by atoms with Crippen LogP contribution in [0.5, 0.6) is 17.4 Å². The number of ether oxygens (including phenoxy) is 4. The number of carbonyl (C=O) groups excluding carboxylic acids is 3. The number of benzene rings is 1. The summed E-state index contributed by atoms with van der Waals surface area (Å²) in [7, 11) is 3.44. The lowest BCUT2D eigenvalue weighted by Gasteiger charge is -2.25. The highest BCUT2D eigenvalue weighted by molar-refractivity contribution is 5.94. The van der Waals surface area contributed by atoms with Crippen LogP contribution in [0.3, 0.4) is 0 Å². The normalized spacial score (nSPS) is 28.4. The number of hydrogen-bond acceptors (Lipinski definition) is 8. The van der Waals surface area contributed by atoms with E-state index < -0.39 is 17.3 Å². The molecule has 1 aliphatic heterocycles. The van der Waals surface area contributed by atoms with Gasteiger partial charge in [0, 0.05) is 42.9 Å². The van der Waals surface area contributed by atoms with Crippen LogP contribution in [0.15, 0.2) is 30.4 Å². The van der Waals surface area contributed by atoms with Crippen molar-refractivity contribution in [1.29, 1.82) is 0 Å². The predicted octanol–water partition coefficient (Wildman–Crippen LogP) is 5.45. The molecule has 2 heterocycles. The second-order valence-electron chi connectivity index (χ2n) is 12.1. The van der Waals surface area contributed by atoms with Crippen molar-refractivity contribution in [1.82, 2.24) is 9.88 Å². The van der Waals surface area contributed by atoms with E-state index in [1.54, 1.807) is 25.0 Å². The largest absolute Gasteiger partial charge is 0.496 e. The maximum atomic E-state index is 14.0. The summed E-state index contributed by atoms with van der Waals surface area (Å²) in [6.45, 7) is 6.98. The molecule has 0 bridgehead atoms. The minimum absolute atomic E-state index is 0.0101. The van der Waals surface area contributed by atoms with Gasteiger partial charge in [0.05, 0.1) is 37.2 Å². The Balaban J connectivity index is 1.46. The minimum atomic E-state index is -0.837. The Morgan fingerprint density at radius 2 is 1.88 bits per heavy atom. The molecule has 2 fully saturated rings. The van der Waals surface area contributed by atoms with Crippen LogP contribution in [-0.2, 0) is 19.1 Å². The molecule has 3 aliphatic rings. The van der Waals surface area contributed by atoms with Crippen LogP contribution in [0.25, 0.3) is 10.9 Å². The second-order valence-corrected chi connectivity index (χ2v) is 12.1. The Hall–Kier alpha value is -3.62. The van der Waals surface area contributed by atoms with Gasteiger partial charge in [-0.25, -0.2) is 4.98 Å². The van der Waals surface area contributed by atoms with E-state index in [4.69, 9.17) is 23.9 Å². The molecule has 5 atom stereocenters. The Morgan fingerprint density at radius 1 is 1.09 bits per heavy atom. The number of methoxy groups -OCH3 is 1. The molecule has 2 aliphatic carbocycles. The highest BCUT2D eigenvalue weighted by atomic mass is 16.5. The summed E-state index contributed by atoms with van der Waals surface area (Å²) < 4.78 is 23.3. The molecule has 0 unspecified atom stereocenters. The smallest absolute Gasteiger partial charge is 0.313 e. The predicted molar refractivity (Wildman–Crippen MR) is 162 cm³/mol. The van der Waals surface area contributed by atoms with Gasteiger partial charge in [0.2, 0.25) is 11.8 Å². The number of allylic oxidation sites excluding steroid dienone is 2. The number of pyridine rings is 1.